The van der Waals surface area contributed by atoms with E-state index in [1.807, 2.05) is 37.4 Å². The zero-order valence-corrected chi connectivity index (χ0v) is 18.6. The van der Waals surface area contributed by atoms with Crippen LogP contribution < -0.4 is 16.6 Å². The summed E-state index contributed by atoms with van der Waals surface area (Å²) in [6.07, 6.45) is 4.85. The molecule has 0 aliphatic rings. The molecule has 0 aliphatic carbocycles. The summed E-state index contributed by atoms with van der Waals surface area (Å²) in [6.45, 7) is -0.121. The van der Waals surface area contributed by atoms with Crippen molar-refractivity contribution in [1.82, 2.24) is 24.0 Å². The fourth-order valence-corrected chi connectivity index (χ4v) is 3.69. The van der Waals surface area contributed by atoms with Crippen molar-refractivity contribution in [3.05, 3.63) is 122 Å². The van der Waals surface area contributed by atoms with Crippen LogP contribution in [0.25, 0.3) is 0 Å². The van der Waals surface area contributed by atoms with Crippen molar-refractivity contribution in [1.29, 1.82) is 0 Å². The maximum Gasteiger partial charge on any atom is 0.331 e. The molecular weight excluding hydrogens is 442 g/mol. The third-order valence-corrected chi connectivity index (χ3v) is 5.51. The Morgan fingerprint density at radius 1 is 1.03 bits per heavy atom. The van der Waals surface area contributed by atoms with Gasteiger partial charge in [0, 0.05) is 36.7 Å². The number of nitrogens with zero attached hydrogens (tertiary/aromatic N) is 4. The fourth-order valence-electron chi connectivity index (χ4n) is 3.56. The van der Waals surface area contributed by atoms with E-state index in [1.165, 1.54) is 16.8 Å². The molecule has 168 valence electrons. The second-order valence-corrected chi connectivity index (χ2v) is 8.02. The first-order valence-corrected chi connectivity index (χ1v) is 10.7. The van der Waals surface area contributed by atoms with Crippen molar-refractivity contribution in [3.8, 4) is 0 Å². The summed E-state index contributed by atoms with van der Waals surface area (Å²) in [5, 5.41) is 3.46. The second-order valence-electron chi connectivity index (χ2n) is 7.58. The molecule has 2 heterocycles. The smallest absolute Gasteiger partial charge is 0.331 e. The van der Waals surface area contributed by atoms with E-state index in [1.54, 1.807) is 41.2 Å². The van der Waals surface area contributed by atoms with Gasteiger partial charge in [0.05, 0.1) is 6.54 Å². The van der Waals surface area contributed by atoms with E-state index < -0.39 is 29.7 Å². The van der Waals surface area contributed by atoms with Gasteiger partial charge in [0.1, 0.15) is 18.4 Å². The van der Waals surface area contributed by atoms with E-state index in [0.29, 0.717) is 17.4 Å². The molecule has 4 aromatic rings. The maximum absolute atomic E-state index is 13.0. The average Bonchev–Trinajstić information content (AvgIpc) is 3.24. The molecule has 0 fully saturated rings. The molecule has 0 aliphatic heterocycles. The maximum atomic E-state index is 13.0. The first kappa shape index (κ1) is 22.3. The Morgan fingerprint density at radius 2 is 1.76 bits per heavy atom. The summed E-state index contributed by atoms with van der Waals surface area (Å²) in [5.74, 6) is 0.113. The SMILES string of the molecule is Cn1ccnc1[C@H](NC(=O)Cn1c(=O)ccn(Cc2ccccc2)c1=O)c1ccc(Cl)cc1. The lowest BCUT2D eigenvalue weighted by atomic mass is 10.1. The molecule has 2 aromatic carbocycles. The van der Waals surface area contributed by atoms with Crippen LogP contribution in [0.3, 0.4) is 0 Å². The predicted octanol–water partition coefficient (Wildman–Crippen LogP) is 2.35. The number of aryl methyl sites for hydroxylation is 1. The van der Waals surface area contributed by atoms with E-state index in [2.05, 4.69) is 10.3 Å². The van der Waals surface area contributed by atoms with E-state index >= 15 is 0 Å². The lowest BCUT2D eigenvalue weighted by Gasteiger charge is -2.19. The first-order chi connectivity index (χ1) is 15.9. The van der Waals surface area contributed by atoms with Crippen LogP contribution in [-0.2, 0) is 24.9 Å². The molecule has 0 saturated heterocycles. The van der Waals surface area contributed by atoms with Gasteiger partial charge in [-0.25, -0.2) is 9.78 Å². The Hall–Kier alpha value is -3.91. The number of imidazole rings is 1. The summed E-state index contributed by atoms with van der Waals surface area (Å²) in [5.41, 5.74) is 0.580. The van der Waals surface area contributed by atoms with Gasteiger partial charge in [-0.1, -0.05) is 54.1 Å². The number of amides is 1. The summed E-state index contributed by atoms with van der Waals surface area (Å²) in [6, 6.07) is 17.1. The van der Waals surface area contributed by atoms with Gasteiger partial charge in [-0.2, -0.15) is 0 Å². The number of nitrogens with one attached hydrogen (secondary N) is 1. The van der Waals surface area contributed by atoms with E-state index in [4.69, 9.17) is 11.6 Å². The molecule has 1 amide bonds. The van der Waals surface area contributed by atoms with Crippen LogP contribution in [-0.4, -0.2) is 24.6 Å². The highest BCUT2D eigenvalue weighted by molar-refractivity contribution is 6.30. The number of carbonyl (C=O) groups is 1. The summed E-state index contributed by atoms with van der Waals surface area (Å²) in [4.78, 5) is 42.6. The van der Waals surface area contributed by atoms with Crippen LogP contribution in [0.1, 0.15) is 23.0 Å². The van der Waals surface area contributed by atoms with Gasteiger partial charge in [0.2, 0.25) is 5.91 Å². The lowest BCUT2D eigenvalue weighted by molar-refractivity contribution is -0.122. The highest BCUT2D eigenvalue weighted by Crippen LogP contribution is 2.22. The Balaban J connectivity index is 1.60. The van der Waals surface area contributed by atoms with Gasteiger partial charge in [0.15, 0.2) is 0 Å². The fraction of sp³-hybridized carbons (Fsp3) is 0.167. The van der Waals surface area contributed by atoms with Gasteiger partial charge >= 0.3 is 5.69 Å². The minimum atomic E-state index is -0.583. The molecular formula is C24H22ClN5O3. The summed E-state index contributed by atoms with van der Waals surface area (Å²) >= 11 is 6.01. The van der Waals surface area contributed by atoms with Crippen molar-refractivity contribution in [2.24, 2.45) is 7.05 Å². The Labute approximate surface area is 194 Å². The van der Waals surface area contributed by atoms with Crippen molar-refractivity contribution in [2.75, 3.05) is 0 Å². The highest BCUT2D eigenvalue weighted by Gasteiger charge is 2.21. The summed E-state index contributed by atoms with van der Waals surface area (Å²) < 4.78 is 4.12. The Bertz CT molecular complexity index is 1370. The van der Waals surface area contributed by atoms with Crippen LogP contribution in [0.4, 0.5) is 0 Å². The number of hydrogen-bond acceptors (Lipinski definition) is 4. The van der Waals surface area contributed by atoms with Crippen LogP contribution in [0, 0.1) is 0 Å². The van der Waals surface area contributed by atoms with Crippen LogP contribution in [0.5, 0.6) is 0 Å². The third-order valence-electron chi connectivity index (χ3n) is 5.26. The molecule has 33 heavy (non-hydrogen) atoms. The Morgan fingerprint density at radius 3 is 2.42 bits per heavy atom. The number of benzene rings is 2. The minimum Gasteiger partial charge on any atom is -0.341 e. The van der Waals surface area contributed by atoms with Crippen LogP contribution in [0.15, 0.2) is 88.8 Å². The number of rotatable bonds is 7. The van der Waals surface area contributed by atoms with Gasteiger partial charge < -0.3 is 9.88 Å². The topological polar surface area (TPSA) is 90.9 Å². The predicted molar refractivity (Wildman–Crippen MR) is 125 cm³/mol. The zero-order chi connectivity index (χ0) is 23.4. The molecule has 0 unspecified atom stereocenters. The lowest BCUT2D eigenvalue weighted by Crippen LogP contribution is -2.44. The van der Waals surface area contributed by atoms with E-state index in [-0.39, 0.29) is 0 Å². The third kappa shape index (κ3) is 5.12. The monoisotopic (exact) mass is 463 g/mol. The quantitative estimate of drug-likeness (QED) is 0.455. The van der Waals surface area contributed by atoms with Gasteiger partial charge in [0.25, 0.3) is 5.56 Å². The molecule has 0 bridgehead atoms. The van der Waals surface area contributed by atoms with Crippen LogP contribution in [0.2, 0.25) is 5.02 Å². The number of carbonyl (C=O) groups excluding carboxylic acids is 1. The number of halogens is 1. The van der Waals surface area contributed by atoms with Crippen molar-refractivity contribution in [2.45, 2.75) is 19.1 Å². The summed E-state index contributed by atoms with van der Waals surface area (Å²) in [7, 11) is 1.82. The standard InChI is InChI=1S/C24H22ClN5O3/c1-28-14-12-26-23(28)22(18-7-9-19(25)10-8-18)27-20(31)16-30-21(32)11-13-29(24(30)33)15-17-5-3-2-4-6-17/h2-14,22H,15-16H2,1H3,(H,27,31)/t22-/m1/s1. The molecule has 0 radical (unpaired) electrons. The normalized spacial score (nSPS) is 11.8. The second kappa shape index (κ2) is 9.70. The number of aromatic nitrogens is 4. The van der Waals surface area contributed by atoms with Crippen molar-refractivity contribution >= 4 is 17.5 Å². The van der Waals surface area contributed by atoms with Gasteiger partial charge in [-0.15, -0.1) is 0 Å². The van der Waals surface area contributed by atoms with Crippen LogP contribution >= 0.6 is 11.6 Å². The molecule has 4 rings (SSSR count). The zero-order valence-electron chi connectivity index (χ0n) is 17.9. The molecule has 0 saturated carbocycles. The average molecular weight is 464 g/mol. The molecule has 9 heteroatoms. The minimum absolute atomic E-state index is 0.294. The molecule has 2 aromatic heterocycles. The van der Waals surface area contributed by atoms with E-state index in [0.717, 1.165) is 15.7 Å². The van der Waals surface area contributed by atoms with Gasteiger partial charge in [-0.3, -0.25) is 18.7 Å². The van der Waals surface area contributed by atoms with E-state index in [9.17, 15) is 14.4 Å². The molecule has 1 atom stereocenters. The molecule has 8 nitrogen and oxygen atoms in total. The van der Waals surface area contributed by atoms with Gasteiger partial charge in [-0.05, 0) is 23.3 Å². The highest BCUT2D eigenvalue weighted by atomic mass is 35.5. The molecule has 1 N–H and O–H groups in total. The Kier molecular flexibility index (Phi) is 6.55. The number of hydrogen-bond donors (Lipinski definition) is 1. The van der Waals surface area contributed by atoms with Crippen molar-refractivity contribution in [3.63, 3.8) is 0 Å². The molecule has 0 spiro atoms. The first-order valence-electron chi connectivity index (χ1n) is 10.3. The largest absolute Gasteiger partial charge is 0.341 e. The van der Waals surface area contributed by atoms with Crippen molar-refractivity contribution < 1.29 is 4.79 Å².